The molecule has 7 nitrogen and oxygen atoms in total. The topological polar surface area (TPSA) is 95.6 Å². The fraction of sp³-hybridized carbons (Fsp3) is 0.150. The van der Waals surface area contributed by atoms with Gasteiger partial charge in [0.05, 0.1) is 19.9 Å². The molecule has 7 heteroatoms. The van der Waals surface area contributed by atoms with Crippen LogP contribution in [-0.4, -0.2) is 36.7 Å². The van der Waals surface area contributed by atoms with Crippen molar-refractivity contribution >= 4 is 28.9 Å². The number of benzene rings is 2. The van der Waals surface area contributed by atoms with Crippen molar-refractivity contribution in [2.24, 2.45) is 5.10 Å². The number of nitrogens with one attached hydrogen (secondary N) is 3. The first-order valence-electron chi connectivity index (χ1n) is 8.40. The van der Waals surface area contributed by atoms with Crippen LogP contribution in [-0.2, 0) is 4.79 Å². The van der Waals surface area contributed by atoms with E-state index < -0.39 is 5.91 Å². The third-order valence-electron chi connectivity index (χ3n) is 4.09. The van der Waals surface area contributed by atoms with Crippen LogP contribution in [0.4, 0.5) is 0 Å². The molecule has 2 amide bonds. The number of carbonyl (C=O) groups excluding carboxylic acids is 2. The van der Waals surface area contributed by atoms with Gasteiger partial charge >= 0.3 is 0 Å². The van der Waals surface area contributed by atoms with Crippen LogP contribution in [0.5, 0.6) is 5.75 Å². The second-order valence-corrected chi connectivity index (χ2v) is 5.91. The molecule has 0 saturated carbocycles. The molecule has 27 heavy (non-hydrogen) atoms. The van der Waals surface area contributed by atoms with Crippen molar-refractivity contribution in [2.45, 2.75) is 6.92 Å². The number of nitrogens with zero attached hydrogens (tertiary/aromatic N) is 1. The zero-order chi connectivity index (χ0) is 19.2. The molecule has 0 aliphatic carbocycles. The van der Waals surface area contributed by atoms with Crippen LogP contribution in [0.15, 0.2) is 53.6 Å². The van der Waals surface area contributed by atoms with Gasteiger partial charge in [-0.25, -0.2) is 5.43 Å². The molecule has 3 rings (SSSR count). The normalized spacial score (nSPS) is 10.9. The first-order chi connectivity index (χ1) is 13.1. The van der Waals surface area contributed by atoms with Gasteiger partial charge in [-0.2, -0.15) is 5.10 Å². The monoisotopic (exact) mass is 364 g/mol. The summed E-state index contributed by atoms with van der Waals surface area (Å²) < 4.78 is 5.04. The van der Waals surface area contributed by atoms with Gasteiger partial charge in [-0.1, -0.05) is 18.2 Å². The van der Waals surface area contributed by atoms with Gasteiger partial charge in [0.1, 0.15) is 5.75 Å². The summed E-state index contributed by atoms with van der Waals surface area (Å²) in [5.74, 6) is -0.0962. The average Bonchev–Trinajstić information content (AvgIpc) is 3.01. The van der Waals surface area contributed by atoms with E-state index >= 15 is 0 Å². The van der Waals surface area contributed by atoms with E-state index in [-0.39, 0.29) is 12.5 Å². The Kier molecular flexibility index (Phi) is 5.51. The zero-order valence-electron chi connectivity index (χ0n) is 15.1. The largest absolute Gasteiger partial charge is 0.497 e. The highest BCUT2D eigenvalue weighted by Crippen LogP contribution is 2.19. The predicted octanol–water partition coefficient (Wildman–Crippen LogP) is 2.37. The van der Waals surface area contributed by atoms with Gasteiger partial charge in [0, 0.05) is 27.7 Å². The van der Waals surface area contributed by atoms with Gasteiger partial charge in [-0.05, 0) is 37.3 Å². The average molecular weight is 364 g/mol. The predicted molar refractivity (Wildman–Crippen MR) is 104 cm³/mol. The molecule has 0 radical (unpaired) electrons. The van der Waals surface area contributed by atoms with Gasteiger partial charge < -0.3 is 15.0 Å². The van der Waals surface area contributed by atoms with Gasteiger partial charge in [-0.15, -0.1) is 0 Å². The highest BCUT2D eigenvalue weighted by Gasteiger charge is 2.08. The molecule has 1 heterocycles. The van der Waals surface area contributed by atoms with E-state index in [2.05, 4.69) is 20.8 Å². The molecule has 0 fully saturated rings. The molecule has 0 aliphatic heterocycles. The number of aromatic amines is 1. The van der Waals surface area contributed by atoms with Crippen LogP contribution in [0, 0.1) is 6.92 Å². The lowest BCUT2D eigenvalue weighted by molar-refractivity contribution is -0.120. The summed E-state index contributed by atoms with van der Waals surface area (Å²) in [5.41, 5.74) is 5.75. The Hall–Kier alpha value is -3.61. The number of carbonyl (C=O) groups is 2. The van der Waals surface area contributed by atoms with E-state index in [1.165, 1.54) is 0 Å². The smallest absolute Gasteiger partial charge is 0.259 e. The number of amides is 2. The summed E-state index contributed by atoms with van der Waals surface area (Å²) >= 11 is 0. The van der Waals surface area contributed by atoms with Crippen molar-refractivity contribution in [3.63, 3.8) is 0 Å². The van der Waals surface area contributed by atoms with Crippen molar-refractivity contribution in [3.05, 3.63) is 65.4 Å². The van der Waals surface area contributed by atoms with E-state index in [1.807, 2.05) is 31.2 Å². The Morgan fingerprint density at radius 3 is 2.63 bits per heavy atom. The van der Waals surface area contributed by atoms with Gasteiger partial charge in [0.25, 0.3) is 11.8 Å². The van der Waals surface area contributed by atoms with Gasteiger partial charge in [-0.3, -0.25) is 9.59 Å². The fourth-order valence-electron chi connectivity index (χ4n) is 2.68. The number of rotatable bonds is 6. The molecule has 0 saturated heterocycles. The number of aryl methyl sites for hydroxylation is 1. The third kappa shape index (κ3) is 4.33. The van der Waals surface area contributed by atoms with Crippen molar-refractivity contribution < 1.29 is 14.3 Å². The first kappa shape index (κ1) is 18.2. The molecule has 2 aromatic carbocycles. The van der Waals surface area contributed by atoms with Crippen LogP contribution in [0.3, 0.4) is 0 Å². The van der Waals surface area contributed by atoms with Crippen LogP contribution >= 0.6 is 0 Å². The molecule has 3 aromatic rings. The Bertz CT molecular complexity index is 990. The SMILES string of the molecule is COc1ccc(C(=O)NCC(=O)NN=Cc2c(C)[nH]c3ccccc23)cc1. The second kappa shape index (κ2) is 8.18. The van der Waals surface area contributed by atoms with E-state index in [1.54, 1.807) is 37.6 Å². The lowest BCUT2D eigenvalue weighted by Crippen LogP contribution is -2.34. The highest BCUT2D eigenvalue weighted by atomic mass is 16.5. The summed E-state index contributed by atoms with van der Waals surface area (Å²) in [7, 11) is 1.55. The van der Waals surface area contributed by atoms with E-state index in [9.17, 15) is 9.59 Å². The molecular formula is C20H20N4O3. The number of hydrazone groups is 1. The maximum atomic E-state index is 12.0. The van der Waals surface area contributed by atoms with Gasteiger partial charge in [0.15, 0.2) is 0 Å². The summed E-state index contributed by atoms with van der Waals surface area (Å²) in [4.78, 5) is 27.2. The lowest BCUT2D eigenvalue weighted by atomic mass is 10.1. The zero-order valence-corrected chi connectivity index (χ0v) is 15.1. The molecule has 0 aliphatic rings. The maximum Gasteiger partial charge on any atom is 0.259 e. The number of hydrogen-bond acceptors (Lipinski definition) is 4. The Labute approximate surface area is 156 Å². The van der Waals surface area contributed by atoms with Gasteiger partial charge in [0.2, 0.25) is 0 Å². The quantitative estimate of drug-likeness (QED) is 0.463. The van der Waals surface area contributed by atoms with Crippen molar-refractivity contribution in [1.82, 2.24) is 15.7 Å². The summed E-state index contributed by atoms with van der Waals surface area (Å²) in [6.45, 7) is 1.77. The van der Waals surface area contributed by atoms with Crippen LogP contribution in [0.25, 0.3) is 10.9 Å². The number of H-pyrrole nitrogens is 1. The summed E-state index contributed by atoms with van der Waals surface area (Å²) in [6, 6.07) is 14.5. The van der Waals surface area contributed by atoms with Crippen LogP contribution < -0.4 is 15.5 Å². The van der Waals surface area contributed by atoms with Crippen molar-refractivity contribution in [2.75, 3.05) is 13.7 Å². The number of ether oxygens (including phenoxy) is 1. The fourth-order valence-corrected chi connectivity index (χ4v) is 2.68. The Morgan fingerprint density at radius 1 is 1.15 bits per heavy atom. The molecule has 0 bridgehead atoms. The van der Waals surface area contributed by atoms with Crippen molar-refractivity contribution in [1.29, 1.82) is 0 Å². The number of hydrogen-bond donors (Lipinski definition) is 3. The minimum atomic E-state index is -0.411. The third-order valence-corrected chi connectivity index (χ3v) is 4.09. The van der Waals surface area contributed by atoms with E-state index in [0.29, 0.717) is 11.3 Å². The lowest BCUT2D eigenvalue weighted by Gasteiger charge is -2.05. The molecular weight excluding hydrogens is 344 g/mol. The Morgan fingerprint density at radius 2 is 1.89 bits per heavy atom. The number of fused-ring (bicyclic) bond motifs is 1. The van der Waals surface area contributed by atoms with E-state index in [0.717, 1.165) is 22.2 Å². The highest BCUT2D eigenvalue weighted by molar-refractivity contribution is 6.01. The molecule has 3 N–H and O–H groups in total. The van der Waals surface area contributed by atoms with E-state index in [4.69, 9.17) is 4.74 Å². The Balaban J connectivity index is 1.53. The molecule has 0 unspecified atom stereocenters. The van der Waals surface area contributed by atoms with Crippen molar-refractivity contribution in [3.8, 4) is 5.75 Å². The summed E-state index contributed by atoms with van der Waals surface area (Å²) in [6.07, 6.45) is 1.59. The second-order valence-electron chi connectivity index (χ2n) is 5.91. The summed E-state index contributed by atoms with van der Waals surface area (Å²) in [5, 5.41) is 7.56. The molecule has 1 aromatic heterocycles. The number of methoxy groups -OCH3 is 1. The van der Waals surface area contributed by atoms with Crippen LogP contribution in [0.1, 0.15) is 21.6 Å². The molecule has 0 spiro atoms. The number of para-hydroxylation sites is 1. The minimum absolute atomic E-state index is 0.172. The van der Waals surface area contributed by atoms with Crippen LogP contribution in [0.2, 0.25) is 0 Å². The first-order valence-corrected chi connectivity index (χ1v) is 8.40. The molecule has 138 valence electrons. The molecule has 0 atom stereocenters. The minimum Gasteiger partial charge on any atom is -0.497 e. The standard InChI is InChI=1S/C20H20N4O3/c1-13-17(16-5-3-4-6-18(16)23-13)11-22-24-19(25)12-21-20(26)14-7-9-15(27-2)10-8-14/h3-11,23H,12H2,1-2H3,(H,21,26)(H,24,25). The number of aromatic nitrogens is 1. The maximum absolute atomic E-state index is 12.0.